The number of rotatable bonds is 5. The summed E-state index contributed by atoms with van der Waals surface area (Å²) in [6, 6.07) is 16.8. The molecular formula is C24H20O6. The second kappa shape index (κ2) is 7.91. The normalized spacial score (nSPS) is 15.3. The molecule has 0 aromatic heterocycles. The quantitative estimate of drug-likeness (QED) is 0.337. The highest BCUT2D eigenvalue weighted by molar-refractivity contribution is 6.03. The van der Waals surface area contributed by atoms with Crippen LogP contribution in [0.4, 0.5) is 0 Å². The first-order valence-corrected chi connectivity index (χ1v) is 9.59. The zero-order valence-electron chi connectivity index (χ0n) is 16.0. The van der Waals surface area contributed by atoms with E-state index in [0.29, 0.717) is 12.0 Å². The minimum Gasteiger partial charge on any atom is -0.508 e. The second-order valence-corrected chi connectivity index (χ2v) is 7.26. The van der Waals surface area contributed by atoms with Gasteiger partial charge >= 0.3 is 5.97 Å². The molecule has 0 spiro atoms. The third kappa shape index (κ3) is 3.72. The summed E-state index contributed by atoms with van der Waals surface area (Å²) >= 11 is 0. The Morgan fingerprint density at radius 3 is 2.37 bits per heavy atom. The van der Waals surface area contributed by atoms with Crippen LogP contribution in [0.3, 0.4) is 0 Å². The SMILES string of the molecule is O=C1CC(c2ccc(O)cc2)c2c(O)cc(O)c(C(=O)CCc3ccccc3)c2O1. The van der Waals surface area contributed by atoms with Crippen LogP contribution in [0.15, 0.2) is 60.7 Å². The molecule has 0 fully saturated rings. The molecule has 1 aliphatic rings. The van der Waals surface area contributed by atoms with Gasteiger partial charge in [0.1, 0.15) is 22.8 Å². The van der Waals surface area contributed by atoms with Crippen molar-refractivity contribution in [2.45, 2.75) is 25.2 Å². The molecule has 1 heterocycles. The number of benzene rings is 3. The molecule has 0 saturated carbocycles. The Balaban J connectivity index is 1.74. The Kier molecular flexibility index (Phi) is 5.14. The van der Waals surface area contributed by atoms with Crippen LogP contribution < -0.4 is 4.74 Å². The van der Waals surface area contributed by atoms with Gasteiger partial charge in [-0.2, -0.15) is 0 Å². The molecule has 6 nitrogen and oxygen atoms in total. The van der Waals surface area contributed by atoms with E-state index in [9.17, 15) is 24.9 Å². The third-order valence-corrected chi connectivity index (χ3v) is 5.27. The van der Waals surface area contributed by atoms with Gasteiger partial charge in [0.2, 0.25) is 0 Å². The number of carbonyl (C=O) groups excluding carboxylic acids is 2. The predicted molar refractivity (Wildman–Crippen MR) is 109 cm³/mol. The van der Waals surface area contributed by atoms with Crippen molar-refractivity contribution in [3.8, 4) is 23.0 Å². The summed E-state index contributed by atoms with van der Waals surface area (Å²) < 4.78 is 5.34. The lowest BCUT2D eigenvalue weighted by molar-refractivity contribution is -0.135. The molecule has 1 atom stereocenters. The number of carbonyl (C=O) groups is 2. The largest absolute Gasteiger partial charge is 0.508 e. The zero-order valence-corrected chi connectivity index (χ0v) is 16.0. The molecule has 0 saturated heterocycles. The van der Waals surface area contributed by atoms with Crippen molar-refractivity contribution in [1.29, 1.82) is 0 Å². The molecule has 3 N–H and O–H groups in total. The maximum Gasteiger partial charge on any atom is 0.312 e. The van der Waals surface area contributed by atoms with E-state index in [-0.39, 0.29) is 47.0 Å². The van der Waals surface area contributed by atoms with Gasteiger partial charge < -0.3 is 20.1 Å². The first kappa shape index (κ1) is 19.5. The van der Waals surface area contributed by atoms with Gasteiger partial charge in [-0.25, -0.2) is 0 Å². The van der Waals surface area contributed by atoms with E-state index in [1.165, 1.54) is 12.1 Å². The molecule has 3 aromatic rings. The number of hydrogen-bond donors (Lipinski definition) is 3. The summed E-state index contributed by atoms with van der Waals surface area (Å²) in [6.07, 6.45) is 0.536. The van der Waals surface area contributed by atoms with E-state index in [4.69, 9.17) is 4.74 Å². The fourth-order valence-corrected chi connectivity index (χ4v) is 3.80. The number of phenols is 3. The lowest BCUT2D eigenvalue weighted by Crippen LogP contribution is -2.23. The molecule has 0 aliphatic carbocycles. The number of Topliss-reactive ketones (excluding diaryl/α,β-unsaturated/α-hetero) is 1. The van der Waals surface area contributed by atoms with Gasteiger partial charge in [0.25, 0.3) is 0 Å². The minimum absolute atomic E-state index is 0.0340. The molecular weight excluding hydrogens is 384 g/mol. The number of ketones is 1. The van der Waals surface area contributed by atoms with Gasteiger partial charge in [0.05, 0.1) is 6.42 Å². The van der Waals surface area contributed by atoms with Crippen LogP contribution in [0.1, 0.15) is 45.8 Å². The highest BCUT2D eigenvalue weighted by atomic mass is 16.5. The standard InChI is InChI=1S/C24H20O6/c25-16-9-7-15(8-10-16)17-12-21(29)30-24-22(17)19(27)13-20(28)23(24)18(26)11-6-14-4-2-1-3-5-14/h1-5,7-10,13,17,25,27-28H,6,11-12H2. The zero-order chi connectivity index (χ0) is 21.3. The van der Waals surface area contributed by atoms with Crippen molar-refractivity contribution in [3.05, 3.63) is 82.9 Å². The van der Waals surface area contributed by atoms with E-state index in [1.54, 1.807) is 12.1 Å². The molecule has 0 amide bonds. The van der Waals surface area contributed by atoms with Crippen LogP contribution in [0.25, 0.3) is 0 Å². The Morgan fingerprint density at radius 1 is 0.967 bits per heavy atom. The number of hydrogen-bond acceptors (Lipinski definition) is 6. The van der Waals surface area contributed by atoms with Crippen molar-refractivity contribution < 1.29 is 29.6 Å². The van der Waals surface area contributed by atoms with Crippen LogP contribution >= 0.6 is 0 Å². The molecule has 1 aliphatic heterocycles. The Labute approximate surface area is 173 Å². The first-order chi connectivity index (χ1) is 14.4. The van der Waals surface area contributed by atoms with Gasteiger partial charge in [-0.15, -0.1) is 0 Å². The Bertz CT molecular complexity index is 1100. The highest BCUT2D eigenvalue weighted by Gasteiger charge is 2.36. The van der Waals surface area contributed by atoms with Crippen LogP contribution in [0, 0.1) is 0 Å². The first-order valence-electron chi connectivity index (χ1n) is 9.59. The van der Waals surface area contributed by atoms with Crippen molar-refractivity contribution in [1.82, 2.24) is 0 Å². The lowest BCUT2D eigenvalue weighted by atomic mass is 9.83. The number of fused-ring (bicyclic) bond motifs is 1. The van der Waals surface area contributed by atoms with Crippen molar-refractivity contribution >= 4 is 11.8 Å². The Hall–Kier alpha value is -3.80. The van der Waals surface area contributed by atoms with Gasteiger partial charge in [0, 0.05) is 24.0 Å². The molecule has 152 valence electrons. The topological polar surface area (TPSA) is 104 Å². The van der Waals surface area contributed by atoms with E-state index < -0.39 is 17.6 Å². The van der Waals surface area contributed by atoms with Crippen molar-refractivity contribution in [2.24, 2.45) is 0 Å². The number of aromatic hydroxyl groups is 3. The highest BCUT2D eigenvalue weighted by Crippen LogP contribution is 2.48. The van der Waals surface area contributed by atoms with Gasteiger partial charge in [0.15, 0.2) is 11.5 Å². The van der Waals surface area contributed by atoms with Gasteiger partial charge in [-0.1, -0.05) is 42.5 Å². The average molecular weight is 404 g/mol. The molecule has 30 heavy (non-hydrogen) atoms. The summed E-state index contributed by atoms with van der Waals surface area (Å²) in [5.74, 6) is -2.22. The molecule has 1 unspecified atom stereocenters. The van der Waals surface area contributed by atoms with Crippen LogP contribution in [-0.4, -0.2) is 27.1 Å². The van der Waals surface area contributed by atoms with Crippen LogP contribution in [0.2, 0.25) is 0 Å². The predicted octanol–water partition coefficient (Wildman–Crippen LogP) is 4.06. The smallest absolute Gasteiger partial charge is 0.312 e. The average Bonchev–Trinajstić information content (AvgIpc) is 2.72. The van der Waals surface area contributed by atoms with E-state index in [2.05, 4.69) is 0 Å². The lowest BCUT2D eigenvalue weighted by Gasteiger charge is -2.27. The maximum atomic E-state index is 13.0. The van der Waals surface area contributed by atoms with Crippen molar-refractivity contribution in [3.63, 3.8) is 0 Å². The number of ether oxygens (including phenoxy) is 1. The number of esters is 1. The van der Waals surface area contributed by atoms with Crippen LogP contribution in [-0.2, 0) is 11.2 Å². The summed E-state index contributed by atoms with van der Waals surface area (Å²) in [6.45, 7) is 0. The summed E-state index contributed by atoms with van der Waals surface area (Å²) in [5, 5.41) is 30.4. The van der Waals surface area contributed by atoms with Crippen molar-refractivity contribution in [2.75, 3.05) is 0 Å². The van der Waals surface area contributed by atoms with Gasteiger partial charge in [-0.3, -0.25) is 9.59 Å². The molecule has 0 bridgehead atoms. The fraction of sp³-hybridized carbons (Fsp3) is 0.167. The maximum absolute atomic E-state index is 13.0. The van der Waals surface area contributed by atoms with E-state index in [0.717, 1.165) is 11.6 Å². The van der Waals surface area contributed by atoms with E-state index in [1.807, 2.05) is 30.3 Å². The molecule has 4 rings (SSSR count). The monoisotopic (exact) mass is 404 g/mol. The number of aryl methyl sites for hydroxylation is 1. The summed E-state index contributed by atoms with van der Waals surface area (Å²) in [5.41, 5.74) is 1.82. The van der Waals surface area contributed by atoms with Gasteiger partial charge in [-0.05, 0) is 29.7 Å². The fourth-order valence-electron chi connectivity index (χ4n) is 3.80. The third-order valence-electron chi connectivity index (χ3n) is 5.27. The summed E-state index contributed by atoms with van der Waals surface area (Å²) in [4.78, 5) is 25.3. The van der Waals surface area contributed by atoms with Crippen LogP contribution in [0.5, 0.6) is 23.0 Å². The number of phenolic OH excluding ortho intramolecular Hbond substituents is 3. The molecule has 0 radical (unpaired) electrons. The Morgan fingerprint density at radius 2 is 1.67 bits per heavy atom. The summed E-state index contributed by atoms with van der Waals surface area (Å²) in [7, 11) is 0. The molecule has 6 heteroatoms. The second-order valence-electron chi connectivity index (χ2n) is 7.26. The molecule has 3 aromatic carbocycles. The van der Waals surface area contributed by atoms with E-state index >= 15 is 0 Å². The minimum atomic E-state index is -0.567.